The molecule has 2 aromatic rings. The fourth-order valence-electron chi connectivity index (χ4n) is 1.55. The largest absolute Gasteiger partial charge is 0.359 e. The Labute approximate surface area is 80.6 Å². The first-order chi connectivity index (χ1) is 6.83. The molecule has 0 saturated heterocycles. The molecule has 0 unspecified atom stereocenters. The third kappa shape index (κ3) is 1.49. The van der Waals surface area contributed by atoms with Gasteiger partial charge in [-0.05, 0) is 18.1 Å². The summed E-state index contributed by atoms with van der Waals surface area (Å²) in [5.74, 6) is 4.70. The topological polar surface area (TPSA) is 51.0 Å². The first-order valence-corrected chi connectivity index (χ1v) is 4.39. The molecule has 0 aliphatic carbocycles. The van der Waals surface area contributed by atoms with Crippen molar-refractivity contribution >= 4 is 10.9 Å². The molecule has 1 aromatic carbocycles. The van der Waals surface area contributed by atoms with Crippen LogP contribution in [0, 0.1) is 5.82 Å². The van der Waals surface area contributed by atoms with Crippen molar-refractivity contribution in [2.24, 2.45) is 5.90 Å². The van der Waals surface area contributed by atoms with E-state index in [0.29, 0.717) is 18.5 Å². The van der Waals surface area contributed by atoms with Crippen molar-refractivity contribution in [3.8, 4) is 0 Å². The average Bonchev–Trinajstić information content (AvgIpc) is 2.60. The summed E-state index contributed by atoms with van der Waals surface area (Å²) in [6, 6.07) is 5.00. The molecule has 0 amide bonds. The van der Waals surface area contributed by atoms with Gasteiger partial charge >= 0.3 is 0 Å². The Balaban J connectivity index is 2.42. The Bertz CT molecular complexity index is 439. The number of benzene rings is 1. The highest BCUT2D eigenvalue weighted by atomic mass is 19.1. The second-order valence-corrected chi connectivity index (χ2v) is 3.10. The number of aromatic nitrogens is 1. The number of halogens is 1. The van der Waals surface area contributed by atoms with Crippen LogP contribution in [0.3, 0.4) is 0 Å². The van der Waals surface area contributed by atoms with E-state index in [9.17, 15) is 4.39 Å². The average molecular weight is 194 g/mol. The van der Waals surface area contributed by atoms with E-state index < -0.39 is 0 Å². The smallest absolute Gasteiger partial charge is 0.147 e. The second kappa shape index (κ2) is 3.77. The lowest BCUT2D eigenvalue weighted by atomic mass is 10.1. The molecule has 0 fully saturated rings. The van der Waals surface area contributed by atoms with Crippen LogP contribution < -0.4 is 5.90 Å². The van der Waals surface area contributed by atoms with Crippen LogP contribution in [0.4, 0.5) is 4.39 Å². The molecule has 0 aliphatic heterocycles. The number of nitrogens with two attached hydrogens (primary N) is 1. The van der Waals surface area contributed by atoms with Crippen molar-refractivity contribution in [3.05, 3.63) is 35.8 Å². The Hall–Kier alpha value is -1.39. The first kappa shape index (κ1) is 9.18. The van der Waals surface area contributed by atoms with Gasteiger partial charge in [0, 0.05) is 11.6 Å². The molecule has 0 bridgehead atoms. The van der Waals surface area contributed by atoms with Crippen LogP contribution in [-0.4, -0.2) is 11.6 Å². The molecule has 1 aromatic heterocycles. The van der Waals surface area contributed by atoms with Gasteiger partial charge in [-0.25, -0.2) is 10.3 Å². The standard InChI is InChI=1S/C10H11FN2O/c11-9-3-1-2-8-7(4-5-14-12)6-13-10(8)9/h1-3,6,13H,4-5,12H2. The molecule has 74 valence electrons. The molecule has 4 heteroatoms. The lowest BCUT2D eigenvalue weighted by Crippen LogP contribution is -2.03. The van der Waals surface area contributed by atoms with E-state index in [1.54, 1.807) is 12.3 Å². The van der Waals surface area contributed by atoms with Gasteiger partial charge in [-0.1, -0.05) is 12.1 Å². The zero-order valence-electron chi connectivity index (χ0n) is 7.59. The van der Waals surface area contributed by atoms with Crippen LogP contribution in [0.2, 0.25) is 0 Å². The van der Waals surface area contributed by atoms with E-state index in [0.717, 1.165) is 10.9 Å². The summed E-state index contributed by atoms with van der Waals surface area (Å²) in [5, 5.41) is 0.891. The zero-order valence-corrected chi connectivity index (χ0v) is 7.59. The molecule has 0 atom stereocenters. The van der Waals surface area contributed by atoms with Crippen molar-refractivity contribution < 1.29 is 9.23 Å². The lowest BCUT2D eigenvalue weighted by Gasteiger charge is -1.97. The Morgan fingerprint density at radius 1 is 1.43 bits per heavy atom. The number of H-pyrrole nitrogens is 1. The van der Waals surface area contributed by atoms with E-state index in [1.807, 2.05) is 6.07 Å². The molecule has 14 heavy (non-hydrogen) atoms. The molecule has 0 spiro atoms. The minimum Gasteiger partial charge on any atom is -0.359 e. The quantitative estimate of drug-likeness (QED) is 0.731. The van der Waals surface area contributed by atoms with Gasteiger partial charge in [0.15, 0.2) is 0 Å². The minimum atomic E-state index is -0.234. The highest BCUT2D eigenvalue weighted by Crippen LogP contribution is 2.20. The summed E-state index contributed by atoms with van der Waals surface area (Å²) in [4.78, 5) is 7.38. The number of nitrogens with one attached hydrogen (secondary N) is 1. The normalized spacial score (nSPS) is 11.0. The Morgan fingerprint density at radius 3 is 3.07 bits per heavy atom. The molecule has 0 saturated carbocycles. The SMILES string of the molecule is NOCCc1c[nH]c2c(F)cccc12. The van der Waals surface area contributed by atoms with Crippen molar-refractivity contribution in [2.75, 3.05) is 6.61 Å². The highest BCUT2D eigenvalue weighted by molar-refractivity contribution is 5.83. The maximum atomic E-state index is 13.2. The van der Waals surface area contributed by atoms with Crippen LogP contribution in [0.15, 0.2) is 24.4 Å². The fourth-order valence-corrected chi connectivity index (χ4v) is 1.55. The van der Waals surface area contributed by atoms with E-state index in [-0.39, 0.29) is 5.82 Å². The third-order valence-corrected chi connectivity index (χ3v) is 2.24. The Kier molecular flexibility index (Phi) is 2.47. The van der Waals surface area contributed by atoms with Crippen LogP contribution >= 0.6 is 0 Å². The monoisotopic (exact) mass is 194 g/mol. The second-order valence-electron chi connectivity index (χ2n) is 3.10. The van der Waals surface area contributed by atoms with Gasteiger partial charge in [-0.2, -0.15) is 0 Å². The van der Waals surface area contributed by atoms with Gasteiger partial charge in [0.1, 0.15) is 5.82 Å². The maximum Gasteiger partial charge on any atom is 0.147 e. The summed E-state index contributed by atoms with van der Waals surface area (Å²) in [5.41, 5.74) is 1.56. The zero-order chi connectivity index (χ0) is 9.97. The predicted molar refractivity (Wildman–Crippen MR) is 52.1 cm³/mol. The first-order valence-electron chi connectivity index (χ1n) is 4.39. The van der Waals surface area contributed by atoms with Gasteiger partial charge in [0.05, 0.1) is 12.1 Å². The predicted octanol–water partition coefficient (Wildman–Crippen LogP) is 1.74. The number of aromatic amines is 1. The summed E-state index contributed by atoms with van der Waals surface area (Å²) in [6.07, 6.45) is 2.46. The third-order valence-electron chi connectivity index (χ3n) is 2.24. The van der Waals surface area contributed by atoms with E-state index in [1.165, 1.54) is 6.07 Å². The van der Waals surface area contributed by atoms with Gasteiger partial charge in [-0.15, -0.1) is 0 Å². The van der Waals surface area contributed by atoms with Crippen molar-refractivity contribution in [1.82, 2.24) is 4.98 Å². The molecule has 0 radical (unpaired) electrons. The number of rotatable bonds is 3. The summed E-state index contributed by atoms with van der Waals surface area (Å²) < 4.78 is 13.2. The lowest BCUT2D eigenvalue weighted by molar-refractivity contribution is 0.141. The highest BCUT2D eigenvalue weighted by Gasteiger charge is 2.06. The Morgan fingerprint density at radius 2 is 2.29 bits per heavy atom. The van der Waals surface area contributed by atoms with Crippen LogP contribution in [-0.2, 0) is 11.3 Å². The number of para-hydroxylation sites is 1. The summed E-state index contributed by atoms with van der Waals surface area (Å²) >= 11 is 0. The van der Waals surface area contributed by atoms with E-state index in [4.69, 9.17) is 5.90 Å². The van der Waals surface area contributed by atoms with Crippen LogP contribution in [0.1, 0.15) is 5.56 Å². The van der Waals surface area contributed by atoms with Crippen LogP contribution in [0.25, 0.3) is 10.9 Å². The summed E-state index contributed by atoms with van der Waals surface area (Å²) in [7, 11) is 0. The maximum absolute atomic E-state index is 13.2. The number of fused-ring (bicyclic) bond motifs is 1. The molecule has 1 heterocycles. The van der Waals surface area contributed by atoms with Crippen molar-refractivity contribution in [3.63, 3.8) is 0 Å². The molecule has 3 nitrogen and oxygen atoms in total. The van der Waals surface area contributed by atoms with Gasteiger partial charge in [-0.3, -0.25) is 0 Å². The van der Waals surface area contributed by atoms with Gasteiger partial charge in [0.25, 0.3) is 0 Å². The number of hydrogen-bond donors (Lipinski definition) is 2. The summed E-state index contributed by atoms with van der Waals surface area (Å²) in [6.45, 7) is 0.434. The van der Waals surface area contributed by atoms with Crippen molar-refractivity contribution in [1.29, 1.82) is 0 Å². The molecule has 2 rings (SSSR count). The number of hydrogen-bond acceptors (Lipinski definition) is 2. The molecular weight excluding hydrogens is 183 g/mol. The molecule has 3 N–H and O–H groups in total. The van der Waals surface area contributed by atoms with E-state index in [2.05, 4.69) is 9.82 Å². The van der Waals surface area contributed by atoms with Gasteiger partial charge in [0.2, 0.25) is 0 Å². The van der Waals surface area contributed by atoms with Gasteiger partial charge < -0.3 is 9.82 Å². The minimum absolute atomic E-state index is 0.234. The van der Waals surface area contributed by atoms with E-state index >= 15 is 0 Å². The fraction of sp³-hybridized carbons (Fsp3) is 0.200. The van der Waals surface area contributed by atoms with Crippen LogP contribution in [0.5, 0.6) is 0 Å². The van der Waals surface area contributed by atoms with Crippen molar-refractivity contribution in [2.45, 2.75) is 6.42 Å². The molecule has 0 aliphatic rings. The molecular formula is C10H11FN2O.